The lowest BCUT2D eigenvalue weighted by Gasteiger charge is -2.29. The van der Waals surface area contributed by atoms with Crippen molar-refractivity contribution < 1.29 is 32.5 Å². The number of carbonyl (C=O) groups is 1. The van der Waals surface area contributed by atoms with Crippen LogP contribution in [0.1, 0.15) is 55.6 Å². The third-order valence-electron chi connectivity index (χ3n) is 6.57. The van der Waals surface area contributed by atoms with Crippen molar-refractivity contribution in [3.63, 3.8) is 0 Å². The maximum atomic E-state index is 15.4. The first-order chi connectivity index (χ1) is 17.5. The number of rotatable bonds is 5. The van der Waals surface area contributed by atoms with Gasteiger partial charge < -0.3 is 14.6 Å². The summed E-state index contributed by atoms with van der Waals surface area (Å²) in [6.45, 7) is 7.39. The molecule has 5 nitrogen and oxygen atoms in total. The van der Waals surface area contributed by atoms with Crippen molar-refractivity contribution in [2.24, 2.45) is 0 Å². The molecule has 0 amide bonds. The van der Waals surface area contributed by atoms with Gasteiger partial charge >= 0.3 is 5.97 Å². The molecule has 1 atom stereocenters. The Labute approximate surface area is 211 Å². The van der Waals surface area contributed by atoms with Crippen LogP contribution in [0.4, 0.5) is 13.2 Å². The number of benzene rings is 3. The van der Waals surface area contributed by atoms with Crippen LogP contribution in [-0.2, 0) is 16.0 Å². The number of hydrogen-bond donors (Lipinski definition) is 1. The summed E-state index contributed by atoms with van der Waals surface area (Å²) in [5, 5.41) is 11.3. The van der Waals surface area contributed by atoms with Crippen LogP contribution in [-0.4, -0.2) is 28.3 Å². The molecule has 37 heavy (non-hydrogen) atoms. The maximum Gasteiger partial charge on any atom is 0.337 e. The second-order valence-corrected chi connectivity index (χ2v) is 10.2. The highest BCUT2D eigenvalue weighted by molar-refractivity contribution is 6.09. The van der Waals surface area contributed by atoms with Crippen LogP contribution in [0, 0.1) is 12.7 Å². The molecule has 0 unspecified atom stereocenters. The Bertz CT molecular complexity index is 1550. The molecular weight excluding hydrogens is 483 g/mol. The molecule has 3 aromatic carbocycles. The summed E-state index contributed by atoms with van der Waals surface area (Å²) in [5.74, 6) is -1.60. The van der Waals surface area contributed by atoms with Crippen molar-refractivity contribution in [2.45, 2.75) is 52.2 Å². The monoisotopic (exact) mass is 509 g/mol. The Morgan fingerprint density at radius 2 is 1.89 bits per heavy atom. The molecule has 0 saturated heterocycles. The Hall–Kier alpha value is -3.65. The summed E-state index contributed by atoms with van der Waals surface area (Å²) in [5.41, 5.74) is 1.70. The van der Waals surface area contributed by atoms with E-state index < -0.39 is 35.5 Å². The molecule has 0 aliphatic carbocycles. The van der Waals surface area contributed by atoms with E-state index in [2.05, 4.69) is 4.98 Å². The number of aryl methyl sites for hydroxylation is 1. The molecule has 4 aromatic rings. The number of alkyl halides is 2. The van der Waals surface area contributed by atoms with Crippen LogP contribution in [0.2, 0.25) is 0 Å². The van der Waals surface area contributed by atoms with Gasteiger partial charge in [0.15, 0.2) is 6.10 Å². The Morgan fingerprint density at radius 3 is 2.57 bits per heavy atom. The van der Waals surface area contributed by atoms with Gasteiger partial charge in [0.25, 0.3) is 6.43 Å². The number of carboxylic acid groups (broad SMARTS) is 1. The summed E-state index contributed by atoms with van der Waals surface area (Å²) < 4.78 is 54.4. The molecule has 2 heterocycles. The van der Waals surface area contributed by atoms with Gasteiger partial charge in [0.05, 0.1) is 23.3 Å². The molecule has 0 spiro atoms. The number of pyridine rings is 1. The largest absolute Gasteiger partial charge is 0.493 e. The molecule has 0 bridgehead atoms. The van der Waals surface area contributed by atoms with Gasteiger partial charge in [-0.2, -0.15) is 0 Å². The first-order valence-electron chi connectivity index (χ1n) is 12.0. The van der Waals surface area contributed by atoms with Crippen LogP contribution < -0.4 is 4.74 Å². The molecule has 1 aliphatic rings. The fourth-order valence-electron chi connectivity index (χ4n) is 5.09. The molecule has 192 valence electrons. The molecule has 1 aliphatic heterocycles. The van der Waals surface area contributed by atoms with Gasteiger partial charge in [-0.05, 0) is 80.1 Å². The van der Waals surface area contributed by atoms with Gasteiger partial charge in [-0.3, -0.25) is 4.98 Å². The zero-order valence-corrected chi connectivity index (χ0v) is 20.9. The standard InChI is InChI=1S/C29H26F3NO4/c1-14-13-19-16(5-6-18(24(19)30)27(31)32)23(21(14)26(28(34)35)37-29(2,3)4)17-7-8-20-22-15(10-12-36-20)9-11-33-25(17)22/h5-9,11,13,26-27H,10,12H2,1-4H3,(H,34,35)/t26-/m0/s1. The smallest absolute Gasteiger partial charge is 0.337 e. The van der Waals surface area contributed by atoms with E-state index in [0.29, 0.717) is 51.9 Å². The molecule has 8 heteroatoms. The van der Waals surface area contributed by atoms with Gasteiger partial charge in [-0.25, -0.2) is 18.0 Å². The van der Waals surface area contributed by atoms with Crippen molar-refractivity contribution in [1.29, 1.82) is 0 Å². The van der Waals surface area contributed by atoms with E-state index in [1.807, 2.05) is 6.07 Å². The van der Waals surface area contributed by atoms with Gasteiger partial charge in [0.1, 0.15) is 11.6 Å². The van der Waals surface area contributed by atoms with Gasteiger partial charge in [-0.1, -0.05) is 6.07 Å². The fraction of sp³-hybridized carbons (Fsp3) is 0.310. The minimum atomic E-state index is -3.00. The highest BCUT2D eigenvalue weighted by Gasteiger charge is 2.33. The van der Waals surface area contributed by atoms with Gasteiger partial charge in [0, 0.05) is 34.5 Å². The van der Waals surface area contributed by atoms with Crippen LogP contribution in [0.25, 0.3) is 32.8 Å². The van der Waals surface area contributed by atoms with Crippen LogP contribution in [0.3, 0.4) is 0 Å². The number of nitrogens with zero attached hydrogens (tertiary/aromatic N) is 1. The van der Waals surface area contributed by atoms with Crippen molar-refractivity contribution in [3.05, 3.63) is 70.7 Å². The second-order valence-electron chi connectivity index (χ2n) is 10.2. The van der Waals surface area contributed by atoms with E-state index in [-0.39, 0.29) is 5.39 Å². The normalized spacial score (nSPS) is 14.3. The average Bonchev–Trinajstić information content (AvgIpc) is 2.82. The summed E-state index contributed by atoms with van der Waals surface area (Å²) in [7, 11) is 0. The Morgan fingerprint density at radius 1 is 1.14 bits per heavy atom. The molecule has 0 radical (unpaired) electrons. The van der Waals surface area contributed by atoms with Crippen LogP contribution in [0.5, 0.6) is 5.75 Å². The third-order valence-corrected chi connectivity index (χ3v) is 6.57. The lowest BCUT2D eigenvalue weighted by molar-refractivity contribution is -0.160. The first-order valence-corrected chi connectivity index (χ1v) is 12.0. The minimum absolute atomic E-state index is 0.0225. The summed E-state index contributed by atoms with van der Waals surface area (Å²) >= 11 is 0. The predicted molar refractivity (Wildman–Crippen MR) is 135 cm³/mol. The lowest BCUT2D eigenvalue weighted by Crippen LogP contribution is -2.28. The van der Waals surface area contributed by atoms with E-state index >= 15 is 4.39 Å². The lowest BCUT2D eigenvalue weighted by atomic mass is 9.85. The zero-order valence-electron chi connectivity index (χ0n) is 20.9. The third kappa shape index (κ3) is 4.29. The first kappa shape index (κ1) is 25.0. The SMILES string of the molecule is Cc1cc2c(F)c(C(F)F)ccc2c(-c2ccc3c4c(ccnc24)CCO3)c1[C@H](OC(C)(C)C)C(=O)O. The molecule has 1 N–H and O–H groups in total. The van der Waals surface area contributed by atoms with Crippen molar-refractivity contribution in [1.82, 2.24) is 4.98 Å². The van der Waals surface area contributed by atoms with Crippen LogP contribution >= 0.6 is 0 Å². The van der Waals surface area contributed by atoms with Crippen LogP contribution in [0.15, 0.2) is 42.6 Å². The van der Waals surface area contributed by atoms with E-state index in [4.69, 9.17) is 9.47 Å². The Kier molecular flexibility index (Phi) is 6.10. The predicted octanol–water partition coefficient (Wildman–Crippen LogP) is 7.32. The van der Waals surface area contributed by atoms with E-state index in [0.717, 1.165) is 17.0 Å². The quantitative estimate of drug-likeness (QED) is 0.305. The molecule has 1 aromatic heterocycles. The maximum absolute atomic E-state index is 15.4. The van der Waals surface area contributed by atoms with Gasteiger partial charge in [-0.15, -0.1) is 0 Å². The topological polar surface area (TPSA) is 68.7 Å². The number of carboxylic acids is 1. The Balaban J connectivity index is 1.94. The second kappa shape index (κ2) is 9.03. The molecule has 0 saturated carbocycles. The minimum Gasteiger partial charge on any atom is -0.493 e. The number of fused-ring (bicyclic) bond motifs is 1. The average molecular weight is 510 g/mol. The van der Waals surface area contributed by atoms with Crippen molar-refractivity contribution >= 4 is 27.6 Å². The van der Waals surface area contributed by atoms with E-state index in [1.54, 1.807) is 46.0 Å². The summed E-state index contributed by atoms with van der Waals surface area (Å²) in [6.07, 6.45) is -2.06. The number of aliphatic carboxylic acids is 1. The van der Waals surface area contributed by atoms with E-state index in [9.17, 15) is 18.7 Å². The highest BCUT2D eigenvalue weighted by atomic mass is 19.3. The number of halogens is 3. The zero-order chi connectivity index (χ0) is 26.6. The number of ether oxygens (including phenoxy) is 2. The van der Waals surface area contributed by atoms with E-state index in [1.165, 1.54) is 12.1 Å². The summed E-state index contributed by atoms with van der Waals surface area (Å²) in [4.78, 5) is 17.2. The molecule has 0 fully saturated rings. The van der Waals surface area contributed by atoms with Crippen molar-refractivity contribution in [2.75, 3.05) is 6.61 Å². The fourth-order valence-corrected chi connectivity index (χ4v) is 5.09. The number of aromatic nitrogens is 1. The number of hydrogen-bond acceptors (Lipinski definition) is 4. The highest BCUT2D eigenvalue weighted by Crippen LogP contribution is 2.46. The molecule has 5 rings (SSSR count). The van der Waals surface area contributed by atoms with Gasteiger partial charge in [0.2, 0.25) is 0 Å². The van der Waals surface area contributed by atoms with Crippen molar-refractivity contribution in [3.8, 4) is 16.9 Å². The summed E-state index contributed by atoms with van der Waals surface area (Å²) in [6, 6.07) is 9.33. The molecular formula is C29H26F3NO4.